The average Bonchev–Trinajstić information content (AvgIpc) is 3.32. The van der Waals surface area contributed by atoms with Gasteiger partial charge in [0.25, 0.3) is 0 Å². The summed E-state index contributed by atoms with van der Waals surface area (Å²) in [6, 6.07) is 3.44. The molecule has 0 aliphatic carbocycles. The molecule has 196 valence electrons. The summed E-state index contributed by atoms with van der Waals surface area (Å²) in [4.78, 5) is 37.6. The minimum absolute atomic E-state index is 0. The fourth-order valence-corrected chi connectivity index (χ4v) is 3.89. The van der Waals surface area contributed by atoms with E-state index in [1.54, 1.807) is 25.4 Å². The number of aliphatic hydroxyl groups excluding tert-OH is 2. The van der Waals surface area contributed by atoms with Crippen molar-refractivity contribution in [2.24, 2.45) is 0 Å². The molecule has 0 saturated heterocycles. The maximum Gasteiger partial charge on any atom is 1.00 e. The first-order valence-corrected chi connectivity index (χ1v) is 11.8. The Morgan fingerprint density at radius 3 is 2.16 bits per heavy atom. The van der Waals surface area contributed by atoms with Gasteiger partial charge in [0, 0.05) is 28.5 Å². The molecule has 0 bridgehead atoms. The third-order valence-corrected chi connectivity index (χ3v) is 5.67. The van der Waals surface area contributed by atoms with Gasteiger partial charge in [-0.3, -0.25) is 9.19 Å². The second-order valence-corrected chi connectivity index (χ2v) is 8.34. The number of aromatic nitrogens is 4. The summed E-state index contributed by atoms with van der Waals surface area (Å²) in [7, 11) is 1.72. The van der Waals surface area contributed by atoms with Crippen LogP contribution in [-0.2, 0) is 35.6 Å². The quantitative estimate of drug-likeness (QED) is 0.145. The van der Waals surface area contributed by atoms with E-state index in [0.29, 0.717) is 22.7 Å². The third-order valence-electron chi connectivity index (χ3n) is 4.54. The number of fused-ring (bicyclic) bond motifs is 1. The predicted octanol–water partition coefficient (Wildman–Crippen LogP) is -3.01. The zero-order chi connectivity index (χ0) is 26.7. The Morgan fingerprint density at radius 1 is 1.00 bits per heavy atom. The van der Waals surface area contributed by atoms with Gasteiger partial charge in [-0.2, -0.15) is 0 Å². The van der Waals surface area contributed by atoms with Crippen molar-refractivity contribution in [1.82, 2.24) is 19.9 Å². The number of carbonyl (C=O) groups excluding carboxylic acids is 2. The third kappa shape index (κ3) is 10.0. The Labute approximate surface area is 258 Å². The molecule has 1 atom stereocenters. The smallest absolute Gasteiger partial charge is 0.496 e. The molecule has 0 radical (unpaired) electrons. The second-order valence-electron chi connectivity index (χ2n) is 7.00. The average molecular weight is 563 g/mol. The van der Waals surface area contributed by atoms with Crippen LogP contribution in [0.25, 0.3) is 11.2 Å². The maximum absolute atomic E-state index is 12.6. The number of pyridine rings is 2. The molecule has 2 N–H and O–H groups in total. The van der Waals surface area contributed by atoms with E-state index in [-0.39, 0.29) is 75.5 Å². The molecule has 0 amide bonds. The molecule has 0 spiro atoms. The van der Waals surface area contributed by atoms with E-state index in [2.05, 4.69) is 29.4 Å². The topological polar surface area (TPSA) is 181 Å². The molecule has 3 rings (SSSR count). The van der Waals surface area contributed by atoms with Crippen LogP contribution in [0.1, 0.15) is 16.8 Å². The molecule has 37 heavy (non-hydrogen) atoms. The summed E-state index contributed by atoms with van der Waals surface area (Å²) in [5.41, 5.74) is 3.53. The van der Waals surface area contributed by atoms with Crippen molar-refractivity contribution in [2.75, 3.05) is 40.6 Å². The zero-order valence-corrected chi connectivity index (χ0v) is 25.2. The number of rotatable bonds is 10. The minimum Gasteiger partial charge on any atom is -0.496 e. The Balaban J connectivity index is 0.000000451. The van der Waals surface area contributed by atoms with Gasteiger partial charge in [-0.1, -0.05) is 0 Å². The van der Waals surface area contributed by atoms with Crippen molar-refractivity contribution in [3.8, 4) is 11.6 Å². The molecule has 0 aromatic carbocycles. The number of esters is 2. The van der Waals surface area contributed by atoms with E-state index in [0.717, 1.165) is 16.9 Å². The molecule has 3 aromatic heterocycles. The number of methoxy groups -OCH3 is 2. The van der Waals surface area contributed by atoms with Gasteiger partial charge in [-0.05, 0) is 26.0 Å². The van der Waals surface area contributed by atoms with Crippen LogP contribution in [0, 0.1) is 13.8 Å². The summed E-state index contributed by atoms with van der Waals surface area (Å²) in [5, 5.41) is 16.6. The van der Waals surface area contributed by atoms with E-state index >= 15 is 0 Å². The molecule has 0 aliphatic heterocycles. The largest absolute Gasteiger partial charge is 1.00 e. The molecule has 1 unspecified atom stereocenters. The monoisotopic (exact) mass is 562 g/mol. The number of hydrogen-bond acceptors (Lipinski definition) is 12. The molecule has 15 heteroatoms. The van der Waals surface area contributed by atoms with E-state index in [4.69, 9.17) is 19.7 Å². The number of ether oxygens (including phenoxy) is 4. The number of carbonyl (C=O) groups is 2. The number of imidazole rings is 1. The van der Waals surface area contributed by atoms with Crippen LogP contribution in [0.15, 0.2) is 23.5 Å². The van der Waals surface area contributed by atoms with Crippen LogP contribution < -0.4 is 65.8 Å². The van der Waals surface area contributed by atoms with E-state index in [1.165, 1.54) is 7.11 Å². The summed E-state index contributed by atoms with van der Waals surface area (Å²) in [6.45, 7) is 2.18. The van der Waals surface area contributed by atoms with Gasteiger partial charge in [0.1, 0.15) is 38.1 Å². The SMILES string of the molecule is COc1ccc2nc(S(=O)Cc3ncc(C)c(OC)c3C)[n-]c2n1.O=C(CO)OCCOC(=O)CO.[K+]. The Hall–Kier alpha value is -1.98. The van der Waals surface area contributed by atoms with Crippen LogP contribution in [-0.4, -0.2) is 82.0 Å². The van der Waals surface area contributed by atoms with Gasteiger partial charge in [-0.25, -0.2) is 9.59 Å². The van der Waals surface area contributed by atoms with Crippen molar-refractivity contribution in [2.45, 2.75) is 24.8 Å². The molecule has 0 aliphatic rings. The van der Waals surface area contributed by atoms with Crippen molar-refractivity contribution in [3.05, 3.63) is 35.2 Å². The van der Waals surface area contributed by atoms with Gasteiger partial charge in [0.05, 0.1) is 41.6 Å². The number of aryl methyl sites for hydroxylation is 1. The van der Waals surface area contributed by atoms with Crippen molar-refractivity contribution in [3.63, 3.8) is 0 Å². The molecule has 3 heterocycles. The summed E-state index contributed by atoms with van der Waals surface area (Å²) < 4.78 is 31.7. The molecular weight excluding hydrogens is 535 g/mol. The normalized spacial score (nSPS) is 11.0. The zero-order valence-electron chi connectivity index (χ0n) is 21.2. The first kappa shape index (κ1) is 33.0. The molecular formula is C22H27KN4O9S. The van der Waals surface area contributed by atoms with Gasteiger partial charge < -0.3 is 44.1 Å². The van der Waals surface area contributed by atoms with Crippen LogP contribution in [0.3, 0.4) is 0 Å². The fraction of sp³-hybridized carbons (Fsp3) is 0.409. The summed E-state index contributed by atoms with van der Waals surface area (Å²) in [5.74, 6) is -0.141. The predicted molar refractivity (Wildman–Crippen MR) is 126 cm³/mol. The second kappa shape index (κ2) is 16.8. The standard InChI is InChI=1S/C16H17N4O3S.C6H10O6.K/c1-9-7-17-12(10(2)14(9)23-4)8-24(21)16-18-11-5-6-13(22-3)19-15(11)20-16;7-3-5(9)11-1-2-12-6(10)4-8;/h5-7H,8H2,1-4H3;7-8H,1-4H2;/q-1;;+1. The van der Waals surface area contributed by atoms with Crippen molar-refractivity contribution in [1.29, 1.82) is 0 Å². The van der Waals surface area contributed by atoms with Gasteiger partial charge >= 0.3 is 63.3 Å². The molecule has 0 saturated carbocycles. The first-order chi connectivity index (χ1) is 17.2. The minimum atomic E-state index is -1.42. The number of aliphatic hydroxyl groups is 2. The van der Waals surface area contributed by atoms with Gasteiger partial charge in [0.2, 0.25) is 0 Å². The van der Waals surface area contributed by atoms with E-state index < -0.39 is 36.0 Å². The molecule has 0 fully saturated rings. The number of hydrogen-bond donors (Lipinski definition) is 2. The maximum atomic E-state index is 12.6. The Morgan fingerprint density at radius 2 is 1.62 bits per heavy atom. The Bertz CT molecular complexity index is 1200. The van der Waals surface area contributed by atoms with Gasteiger partial charge in [0.15, 0.2) is 0 Å². The van der Waals surface area contributed by atoms with E-state index in [1.807, 2.05) is 13.8 Å². The first-order valence-electron chi connectivity index (χ1n) is 10.5. The molecule has 13 nitrogen and oxygen atoms in total. The van der Waals surface area contributed by atoms with Crippen molar-refractivity contribution < 1.29 is 94.3 Å². The molecule has 3 aromatic rings. The van der Waals surface area contributed by atoms with E-state index in [9.17, 15) is 13.8 Å². The summed E-state index contributed by atoms with van der Waals surface area (Å²) in [6.07, 6.45) is 1.72. The Kier molecular flexibility index (Phi) is 15.0. The van der Waals surface area contributed by atoms with Gasteiger partial charge in [-0.15, -0.1) is 0 Å². The fourth-order valence-electron chi connectivity index (χ4n) is 2.83. The van der Waals surface area contributed by atoms with Crippen molar-refractivity contribution >= 4 is 33.9 Å². The summed E-state index contributed by atoms with van der Waals surface area (Å²) >= 11 is 0. The van der Waals surface area contributed by atoms with Crippen LogP contribution in [0.2, 0.25) is 0 Å². The van der Waals surface area contributed by atoms with Crippen LogP contribution in [0.4, 0.5) is 0 Å². The van der Waals surface area contributed by atoms with Crippen LogP contribution in [0.5, 0.6) is 11.6 Å². The van der Waals surface area contributed by atoms with Crippen LogP contribution >= 0.6 is 0 Å². The number of nitrogens with zero attached hydrogens (tertiary/aromatic N) is 4.